The summed E-state index contributed by atoms with van der Waals surface area (Å²) in [6, 6.07) is 6.90. The van der Waals surface area contributed by atoms with Gasteiger partial charge in [-0.3, -0.25) is 4.79 Å². The van der Waals surface area contributed by atoms with Gasteiger partial charge in [-0.2, -0.15) is 0 Å². The second kappa shape index (κ2) is 3.97. The van der Waals surface area contributed by atoms with Crippen LogP contribution in [-0.2, 0) is 17.1 Å². The maximum Gasteiger partial charge on any atom is 0.245 e. The molecule has 0 fully saturated rings. The standard InChI is InChI=1S/C11H12N2O3S/c1-12-17(15,16)10-7-13(2)9-6-4-3-5-8(9)11(10)14/h3-7,12H,1-2H3. The third-order valence-corrected chi connectivity index (χ3v) is 4.03. The number of aryl methyl sites for hydroxylation is 1. The van der Waals surface area contributed by atoms with E-state index in [-0.39, 0.29) is 4.90 Å². The van der Waals surface area contributed by atoms with Gasteiger partial charge >= 0.3 is 0 Å². The van der Waals surface area contributed by atoms with Crippen molar-refractivity contribution in [3.63, 3.8) is 0 Å². The molecule has 0 radical (unpaired) electrons. The van der Waals surface area contributed by atoms with Crippen LogP contribution in [-0.4, -0.2) is 20.0 Å². The van der Waals surface area contributed by atoms with Gasteiger partial charge in [0.2, 0.25) is 15.5 Å². The Morgan fingerprint density at radius 3 is 2.53 bits per heavy atom. The van der Waals surface area contributed by atoms with E-state index in [0.717, 1.165) is 0 Å². The monoisotopic (exact) mass is 252 g/mol. The number of nitrogens with one attached hydrogen (secondary N) is 1. The summed E-state index contributed by atoms with van der Waals surface area (Å²) in [7, 11) is -0.740. The summed E-state index contributed by atoms with van der Waals surface area (Å²) in [4.78, 5) is 11.8. The number of rotatable bonds is 2. The van der Waals surface area contributed by atoms with Gasteiger partial charge in [-0.25, -0.2) is 13.1 Å². The van der Waals surface area contributed by atoms with E-state index in [2.05, 4.69) is 4.72 Å². The first kappa shape index (κ1) is 11.8. The SMILES string of the molecule is CNS(=O)(=O)c1cn(C)c2ccccc2c1=O. The van der Waals surface area contributed by atoms with Crippen molar-refractivity contribution in [2.24, 2.45) is 7.05 Å². The quantitative estimate of drug-likeness (QED) is 0.843. The van der Waals surface area contributed by atoms with Crippen LogP contribution in [0.1, 0.15) is 0 Å². The molecule has 1 aromatic heterocycles. The largest absolute Gasteiger partial charge is 0.349 e. The number of hydrogen-bond acceptors (Lipinski definition) is 3. The predicted molar refractivity (Wildman–Crippen MR) is 65.4 cm³/mol. The number of aromatic nitrogens is 1. The summed E-state index contributed by atoms with van der Waals surface area (Å²) in [5.74, 6) is 0. The van der Waals surface area contributed by atoms with Crippen LogP contribution in [0.25, 0.3) is 10.9 Å². The zero-order chi connectivity index (χ0) is 12.6. The molecule has 0 saturated carbocycles. The van der Waals surface area contributed by atoms with Crippen molar-refractivity contribution in [2.75, 3.05) is 7.05 Å². The highest BCUT2D eigenvalue weighted by molar-refractivity contribution is 7.89. The van der Waals surface area contributed by atoms with Gasteiger partial charge in [-0.1, -0.05) is 12.1 Å². The normalized spacial score (nSPS) is 11.9. The van der Waals surface area contributed by atoms with E-state index in [9.17, 15) is 13.2 Å². The Morgan fingerprint density at radius 1 is 1.24 bits per heavy atom. The molecule has 1 N–H and O–H groups in total. The van der Waals surface area contributed by atoms with Crippen LogP contribution >= 0.6 is 0 Å². The Morgan fingerprint density at radius 2 is 1.88 bits per heavy atom. The number of hydrogen-bond donors (Lipinski definition) is 1. The van der Waals surface area contributed by atoms with Crippen molar-refractivity contribution in [3.05, 3.63) is 40.7 Å². The Bertz CT molecular complexity index is 732. The molecule has 5 nitrogen and oxygen atoms in total. The zero-order valence-electron chi connectivity index (χ0n) is 9.47. The molecule has 0 amide bonds. The molecule has 0 aliphatic heterocycles. The minimum absolute atomic E-state index is 0.235. The van der Waals surface area contributed by atoms with Gasteiger partial charge in [0.05, 0.1) is 5.52 Å². The molecule has 2 rings (SSSR count). The second-order valence-corrected chi connectivity index (χ2v) is 5.51. The van der Waals surface area contributed by atoms with E-state index >= 15 is 0 Å². The highest BCUT2D eigenvalue weighted by atomic mass is 32.2. The minimum atomic E-state index is -3.73. The molecule has 0 unspecified atom stereocenters. The van der Waals surface area contributed by atoms with Crippen LogP contribution in [0.15, 0.2) is 40.2 Å². The van der Waals surface area contributed by atoms with Crippen LogP contribution < -0.4 is 10.2 Å². The van der Waals surface area contributed by atoms with Crippen molar-refractivity contribution in [1.82, 2.24) is 9.29 Å². The fraction of sp³-hybridized carbons (Fsp3) is 0.182. The average molecular weight is 252 g/mol. The van der Waals surface area contributed by atoms with Crippen LogP contribution in [0.2, 0.25) is 0 Å². The molecule has 0 aliphatic rings. The van der Waals surface area contributed by atoms with Gasteiger partial charge < -0.3 is 4.57 Å². The Hall–Kier alpha value is -1.66. The summed E-state index contributed by atoms with van der Waals surface area (Å²) in [5.41, 5.74) is 0.223. The van der Waals surface area contributed by atoms with E-state index in [0.29, 0.717) is 10.9 Å². The number of fused-ring (bicyclic) bond motifs is 1. The topological polar surface area (TPSA) is 68.2 Å². The highest BCUT2D eigenvalue weighted by Gasteiger charge is 2.18. The second-order valence-electron chi connectivity index (χ2n) is 3.66. The maximum atomic E-state index is 12.1. The molecule has 0 aliphatic carbocycles. The van der Waals surface area contributed by atoms with E-state index in [1.165, 1.54) is 13.2 Å². The van der Waals surface area contributed by atoms with Crippen LogP contribution in [0, 0.1) is 0 Å². The van der Waals surface area contributed by atoms with E-state index in [4.69, 9.17) is 0 Å². The lowest BCUT2D eigenvalue weighted by Crippen LogP contribution is -2.26. The number of sulfonamides is 1. The number of pyridine rings is 1. The van der Waals surface area contributed by atoms with Crippen molar-refractivity contribution >= 4 is 20.9 Å². The van der Waals surface area contributed by atoms with E-state index in [1.807, 2.05) is 0 Å². The smallest absolute Gasteiger partial charge is 0.245 e. The van der Waals surface area contributed by atoms with E-state index in [1.54, 1.807) is 35.9 Å². The molecule has 2 aromatic rings. The van der Waals surface area contributed by atoms with Crippen LogP contribution in [0.5, 0.6) is 0 Å². The first-order valence-electron chi connectivity index (χ1n) is 4.99. The van der Waals surface area contributed by atoms with E-state index < -0.39 is 15.5 Å². The molecule has 90 valence electrons. The lowest BCUT2D eigenvalue weighted by molar-refractivity contribution is 0.586. The summed E-state index contributed by atoms with van der Waals surface area (Å²) >= 11 is 0. The lowest BCUT2D eigenvalue weighted by Gasteiger charge is -2.08. The zero-order valence-corrected chi connectivity index (χ0v) is 10.3. The van der Waals surface area contributed by atoms with Crippen molar-refractivity contribution in [1.29, 1.82) is 0 Å². The van der Waals surface area contributed by atoms with Gasteiger partial charge in [0.15, 0.2) is 0 Å². The summed E-state index contributed by atoms with van der Waals surface area (Å²) in [5, 5.41) is 0.395. The van der Waals surface area contributed by atoms with Gasteiger partial charge in [0.1, 0.15) is 4.90 Å². The summed E-state index contributed by atoms with van der Waals surface area (Å²) in [6.07, 6.45) is 1.33. The molecule has 0 spiro atoms. The van der Waals surface area contributed by atoms with Crippen LogP contribution in [0.4, 0.5) is 0 Å². The van der Waals surface area contributed by atoms with Crippen LogP contribution in [0.3, 0.4) is 0 Å². The van der Waals surface area contributed by atoms with Gasteiger partial charge in [-0.15, -0.1) is 0 Å². The molecular weight excluding hydrogens is 240 g/mol. The van der Waals surface area contributed by atoms with Crippen molar-refractivity contribution < 1.29 is 8.42 Å². The molecule has 1 aromatic carbocycles. The van der Waals surface area contributed by atoms with Crippen molar-refractivity contribution in [2.45, 2.75) is 4.90 Å². The van der Waals surface area contributed by atoms with Gasteiger partial charge in [-0.05, 0) is 19.2 Å². The number of para-hydroxylation sites is 1. The molecule has 0 atom stereocenters. The average Bonchev–Trinajstić information content (AvgIpc) is 2.33. The van der Waals surface area contributed by atoms with Gasteiger partial charge in [0.25, 0.3) is 0 Å². The Labute approximate surface area is 98.7 Å². The molecule has 0 bridgehead atoms. The Balaban J connectivity index is 2.96. The third kappa shape index (κ3) is 1.85. The third-order valence-electron chi connectivity index (χ3n) is 2.62. The molecule has 0 saturated heterocycles. The molecule has 1 heterocycles. The number of nitrogens with zero attached hydrogens (tertiary/aromatic N) is 1. The molecule has 17 heavy (non-hydrogen) atoms. The first-order valence-corrected chi connectivity index (χ1v) is 6.47. The fourth-order valence-corrected chi connectivity index (χ4v) is 2.58. The lowest BCUT2D eigenvalue weighted by atomic mass is 10.2. The fourth-order valence-electron chi connectivity index (χ4n) is 1.71. The highest BCUT2D eigenvalue weighted by Crippen LogP contribution is 2.12. The minimum Gasteiger partial charge on any atom is -0.349 e. The molecular formula is C11H12N2O3S. The number of benzene rings is 1. The first-order chi connectivity index (χ1) is 7.97. The summed E-state index contributed by atoms with van der Waals surface area (Å²) < 4.78 is 27.2. The predicted octanol–water partition coefficient (Wildman–Crippen LogP) is 0.447. The summed E-state index contributed by atoms with van der Waals surface area (Å²) in [6.45, 7) is 0. The molecule has 6 heteroatoms. The van der Waals surface area contributed by atoms with Gasteiger partial charge in [0, 0.05) is 18.6 Å². The van der Waals surface area contributed by atoms with Crippen molar-refractivity contribution in [3.8, 4) is 0 Å². The Kier molecular flexibility index (Phi) is 2.76. The maximum absolute atomic E-state index is 12.1.